The van der Waals surface area contributed by atoms with E-state index < -0.39 is 0 Å². The van der Waals surface area contributed by atoms with Crippen LogP contribution in [0.3, 0.4) is 0 Å². The second kappa shape index (κ2) is 7.55. The number of pyridine rings is 2. The van der Waals surface area contributed by atoms with E-state index in [1.54, 1.807) is 33.8 Å². The number of nitrogens with one attached hydrogen (secondary N) is 1. The van der Waals surface area contributed by atoms with E-state index in [0.29, 0.717) is 31.8 Å². The highest BCUT2D eigenvalue weighted by Gasteiger charge is 2.26. The summed E-state index contributed by atoms with van der Waals surface area (Å²) in [5, 5.41) is 2.82. The van der Waals surface area contributed by atoms with Crippen LogP contribution >= 0.6 is 0 Å². The monoisotopic (exact) mass is 365 g/mol. The lowest BCUT2D eigenvalue weighted by Gasteiger charge is -2.26. The summed E-state index contributed by atoms with van der Waals surface area (Å²) in [7, 11) is 0. The molecule has 27 heavy (non-hydrogen) atoms. The fraction of sp³-hybridized carbons (Fsp3) is 0.263. The summed E-state index contributed by atoms with van der Waals surface area (Å²) in [6.07, 6.45) is 3.41. The molecule has 1 aliphatic rings. The Balaban J connectivity index is 1.61. The first-order chi connectivity index (χ1) is 13.2. The molecule has 3 aromatic rings. The number of hydrogen-bond acceptors (Lipinski definition) is 5. The van der Waals surface area contributed by atoms with Crippen molar-refractivity contribution >= 4 is 17.3 Å². The molecule has 0 spiro atoms. The number of fused-ring (bicyclic) bond motifs is 1. The summed E-state index contributed by atoms with van der Waals surface area (Å²) in [6.45, 7) is 2.33. The number of nitrogens with zero attached hydrogens (tertiary/aromatic N) is 4. The molecular weight excluding hydrogens is 346 g/mol. The van der Waals surface area contributed by atoms with Gasteiger partial charge in [0.15, 0.2) is 5.69 Å². The van der Waals surface area contributed by atoms with Crippen LogP contribution in [-0.2, 0) is 11.3 Å². The minimum atomic E-state index is -0.342. The van der Waals surface area contributed by atoms with Crippen LogP contribution in [-0.4, -0.2) is 57.4 Å². The van der Waals surface area contributed by atoms with Crippen molar-refractivity contribution in [2.45, 2.75) is 6.54 Å². The highest BCUT2D eigenvalue weighted by molar-refractivity contribution is 6.02. The van der Waals surface area contributed by atoms with Gasteiger partial charge in [0.1, 0.15) is 0 Å². The van der Waals surface area contributed by atoms with Gasteiger partial charge >= 0.3 is 0 Å². The minimum Gasteiger partial charge on any atom is -0.378 e. The van der Waals surface area contributed by atoms with Crippen LogP contribution in [0.1, 0.15) is 26.8 Å². The molecule has 0 unspecified atom stereocenters. The minimum absolute atomic E-state index is 0.205. The Morgan fingerprint density at radius 2 is 1.93 bits per heavy atom. The number of carbonyl (C=O) groups is 2. The highest BCUT2D eigenvalue weighted by atomic mass is 16.5. The number of morpholine rings is 1. The van der Waals surface area contributed by atoms with Gasteiger partial charge in [0.05, 0.1) is 31.0 Å². The highest BCUT2D eigenvalue weighted by Crippen LogP contribution is 2.16. The molecule has 0 bridgehead atoms. The lowest BCUT2D eigenvalue weighted by Crippen LogP contribution is -2.41. The standard InChI is InChI=1S/C19H19N5O3/c25-18(21-13-14-5-1-3-7-20-14)16-15-6-2-4-8-24(15)17(22-16)19(26)23-9-11-27-12-10-23/h1-8H,9-13H2,(H,21,25). The molecule has 1 N–H and O–H groups in total. The Hall–Kier alpha value is -3.26. The van der Waals surface area contributed by atoms with Crippen LogP contribution in [0.25, 0.3) is 5.52 Å². The van der Waals surface area contributed by atoms with Gasteiger partial charge in [0, 0.05) is 25.5 Å². The van der Waals surface area contributed by atoms with Gasteiger partial charge in [-0.15, -0.1) is 0 Å². The van der Waals surface area contributed by atoms with Crippen LogP contribution in [0.4, 0.5) is 0 Å². The number of carbonyl (C=O) groups excluding carboxylic acids is 2. The molecule has 2 amide bonds. The second-order valence-electron chi connectivity index (χ2n) is 6.15. The maximum atomic E-state index is 12.9. The van der Waals surface area contributed by atoms with E-state index in [9.17, 15) is 9.59 Å². The molecule has 0 aliphatic carbocycles. The van der Waals surface area contributed by atoms with Gasteiger partial charge in [-0.25, -0.2) is 4.98 Å². The van der Waals surface area contributed by atoms with Gasteiger partial charge in [0.25, 0.3) is 11.8 Å². The van der Waals surface area contributed by atoms with Crippen molar-refractivity contribution in [1.82, 2.24) is 24.6 Å². The zero-order valence-electron chi connectivity index (χ0n) is 14.7. The second-order valence-corrected chi connectivity index (χ2v) is 6.15. The van der Waals surface area contributed by atoms with Crippen LogP contribution < -0.4 is 5.32 Å². The molecular formula is C19H19N5O3. The van der Waals surface area contributed by atoms with Crippen LogP contribution in [0.15, 0.2) is 48.8 Å². The summed E-state index contributed by atoms with van der Waals surface area (Å²) in [6, 6.07) is 10.9. The molecule has 0 saturated carbocycles. The van der Waals surface area contributed by atoms with E-state index in [4.69, 9.17) is 4.74 Å². The summed E-state index contributed by atoms with van der Waals surface area (Å²) < 4.78 is 6.96. The first-order valence-electron chi connectivity index (χ1n) is 8.76. The van der Waals surface area contributed by atoms with Gasteiger partial charge in [-0.2, -0.15) is 0 Å². The van der Waals surface area contributed by atoms with Crippen molar-refractivity contribution in [3.63, 3.8) is 0 Å². The molecule has 1 aliphatic heterocycles. The van der Waals surface area contributed by atoms with Crippen molar-refractivity contribution < 1.29 is 14.3 Å². The smallest absolute Gasteiger partial charge is 0.290 e. The molecule has 8 heteroatoms. The average Bonchev–Trinajstić information content (AvgIpc) is 3.13. The molecule has 4 heterocycles. The third kappa shape index (κ3) is 3.52. The lowest BCUT2D eigenvalue weighted by molar-refractivity contribution is 0.0294. The number of amides is 2. The largest absolute Gasteiger partial charge is 0.378 e. The SMILES string of the molecule is O=C(NCc1ccccn1)c1nc(C(=O)N2CCOCC2)n2ccccc12. The molecule has 0 atom stereocenters. The fourth-order valence-electron chi connectivity index (χ4n) is 3.02. The summed E-state index contributed by atoms with van der Waals surface area (Å²) in [4.78, 5) is 35.8. The fourth-order valence-corrected chi connectivity index (χ4v) is 3.02. The zero-order valence-corrected chi connectivity index (χ0v) is 14.7. The Kier molecular flexibility index (Phi) is 4.80. The molecule has 4 rings (SSSR count). The quantitative estimate of drug-likeness (QED) is 0.749. The Morgan fingerprint density at radius 1 is 1.11 bits per heavy atom. The number of imidazole rings is 1. The maximum absolute atomic E-state index is 12.9. The van der Waals surface area contributed by atoms with Gasteiger partial charge in [-0.1, -0.05) is 12.1 Å². The number of hydrogen-bond donors (Lipinski definition) is 1. The van der Waals surface area contributed by atoms with Crippen molar-refractivity contribution in [3.8, 4) is 0 Å². The van der Waals surface area contributed by atoms with Crippen LogP contribution in [0, 0.1) is 0 Å². The number of aromatic nitrogens is 3. The first kappa shape index (κ1) is 17.2. The van der Waals surface area contributed by atoms with Crippen molar-refractivity contribution in [1.29, 1.82) is 0 Å². The van der Waals surface area contributed by atoms with E-state index in [2.05, 4.69) is 15.3 Å². The van der Waals surface area contributed by atoms with E-state index in [1.165, 1.54) is 0 Å². The topological polar surface area (TPSA) is 88.8 Å². The third-order valence-electron chi connectivity index (χ3n) is 4.41. The number of ether oxygens (including phenoxy) is 1. The van der Waals surface area contributed by atoms with Crippen molar-refractivity contribution in [2.24, 2.45) is 0 Å². The Bertz CT molecular complexity index is 964. The van der Waals surface area contributed by atoms with E-state index in [1.807, 2.05) is 24.3 Å². The van der Waals surface area contributed by atoms with E-state index in [-0.39, 0.29) is 29.9 Å². The molecule has 1 fully saturated rings. The molecule has 3 aromatic heterocycles. The Labute approximate surface area is 155 Å². The van der Waals surface area contributed by atoms with Gasteiger partial charge in [-0.3, -0.25) is 19.0 Å². The maximum Gasteiger partial charge on any atom is 0.290 e. The van der Waals surface area contributed by atoms with Crippen molar-refractivity contribution in [3.05, 3.63) is 66.0 Å². The van der Waals surface area contributed by atoms with Crippen LogP contribution in [0.2, 0.25) is 0 Å². The van der Waals surface area contributed by atoms with Crippen molar-refractivity contribution in [2.75, 3.05) is 26.3 Å². The third-order valence-corrected chi connectivity index (χ3v) is 4.41. The summed E-state index contributed by atoms with van der Waals surface area (Å²) in [5.74, 6) is -0.316. The van der Waals surface area contributed by atoms with E-state index >= 15 is 0 Å². The predicted molar refractivity (Wildman–Crippen MR) is 97.3 cm³/mol. The zero-order chi connectivity index (χ0) is 18.6. The van der Waals surface area contributed by atoms with Gasteiger partial charge < -0.3 is 15.0 Å². The molecule has 0 aromatic carbocycles. The average molecular weight is 365 g/mol. The van der Waals surface area contributed by atoms with Gasteiger partial charge in [-0.05, 0) is 24.3 Å². The molecule has 8 nitrogen and oxygen atoms in total. The first-order valence-corrected chi connectivity index (χ1v) is 8.76. The lowest BCUT2D eigenvalue weighted by atomic mass is 10.3. The molecule has 0 radical (unpaired) electrons. The predicted octanol–water partition coefficient (Wildman–Crippen LogP) is 1.13. The molecule has 138 valence electrons. The van der Waals surface area contributed by atoms with Gasteiger partial charge in [0.2, 0.25) is 5.82 Å². The normalized spacial score (nSPS) is 14.3. The summed E-state index contributed by atoms with van der Waals surface area (Å²) in [5.41, 5.74) is 1.56. The van der Waals surface area contributed by atoms with E-state index in [0.717, 1.165) is 5.69 Å². The Morgan fingerprint density at radius 3 is 2.70 bits per heavy atom. The summed E-state index contributed by atoms with van der Waals surface area (Å²) >= 11 is 0. The van der Waals surface area contributed by atoms with Crippen LogP contribution in [0.5, 0.6) is 0 Å². The number of rotatable bonds is 4. The molecule has 1 saturated heterocycles.